The van der Waals surface area contributed by atoms with Gasteiger partial charge in [-0.05, 0) is 68.1 Å². The Hall–Kier alpha value is -1.56. The second-order valence-corrected chi connectivity index (χ2v) is 9.59. The Kier molecular flexibility index (Phi) is 5.44. The van der Waals surface area contributed by atoms with Crippen molar-refractivity contribution in [2.75, 3.05) is 5.75 Å². The number of benzene rings is 1. The van der Waals surface area contributed by atoms with Crippen molar-refractivity contribution in [2.45, 2.75) is 56.4 Å². The summed E-state index contributed by atoms with van der Waals surface area (Å²) in [6.07, 6.45) is 5.76. The van der Waals surface area contributed by atoms with E-state index in [4.69, 9.17) is 0 Å². The van der Waals surface area contributed by atoms with Crippen molar-refractivity contribution >= 4 is 23.6 Å². The monoisotopic (exact) mass is 390 g/mol. The second-order valence-electron chi connectivity index (χ2n) is 8.35. The molecule has 27 heavy (non-hydrogen) atoms. The Bertz CT molecular complexity index is 711. The zero-order valence-electron chi connectivity index (χ0n) is 15.6. The molecule has 0 radical (unpaired) electrons. The zero-order valence-corrected chi connectivity index (χ0v) is 16.4. The summed E-state index contributed by atoms with van der Waals surface area (Å²) in [5.74, 6) is 2.34. The van der Waals surface area contributed by atoms with Crippen LogP contribution < -0.4 is 10.6 Å². The van der Waals surface area contributed by atoms with Crippen LogP contribution in [0.25, 0.3) is 0 Å². The molecular weight excluding hydrogens is 363 g/mol. The summed E-state index contributed by atoms with van der Waals surface area (Å²) in [5, 5.41) is 5.81. The molecule has 0 unspecified atom stereocenters. The van der Waals surface area contributed by atoms with Crippen molar-refractivity contribution in [3.8, 4) is 0 Å². The first kappa shape index (κ1) is 18.8. The number of amides is 2. The predicted octanol–water partition coefficient (Wildman–Crippen LogP) is 2.91. The maximum atomic E-state index is 13.0. The van der Waals surface area contributed by atoms with E-state index in [1.54, 1.807) is 12.1 Å². The van der Waals surface area contributed by atoms with Gasteiger partial charge in [-0.2, -0.15) is 0 Å². The normalized spacial score (nSPS) is 33.6. The molecule has 1 aliphatic heterocycles. The molecule has 2 N–H and O–H groups in total. The Morgan fingerprint density at radius 2 is 2.07 bits per heavy atom. The molecule has 2 amide bonds. The van der Waals surface area contributed by atoms with Crippen LogP contribution in [0.1, 0.15) is 38.2 Å². The van der Waals surface area contributed by atoms with E-state index in [-0.39, 0.29) is 28.9 Å². The molecule has 0 aromatic heterocycles. The lowest BCUT2D eigenvalue weighted by Crippen LogP contribution is -2.56. The smallest absolute Gasteiger partial charge is 0.243 e. The summed E-state index contributed by atoms with van der Waals surface area (Å²) in [4.78, 5) is 25.1. The Labute approximate surface area is 164 Å². The van der Waals surface area contributed by atoms with Gasteiger partial charge in [0.15, 0.2) is 0 Å². The molecule has 2 saturated carbocycles. The number of thioether (sulfide) groups is 1. The molecular formula is C21H27FN2O2S. The molecule has 1 heterocycles. The third-order valence-corrected chi connectivity index (χ3v) is 7.84. The Morgan fingerprint density at radius 1 is 1.30 bits per heavy atom. The van der Waals surface area contributed by atoms with Crippen LogP contribution in [0.15, 0.2) is 24.3 Å². The summed E-state index contributed by atoms with van der Waals surface area (Å²) in [5.41, 5.74) is 0.928. The lowest BCUT2D eigenvalue weighted by atomic mass is 9.84. The maximum absolute atomic E-state index is 13.0. The van der Waals surface area contributed by atoms with Crippen molar-refractivity contribution < 1.29 is 14.0 Å². The van der Waals surface area contributed by atoms with E-state index in [2.05, 4.69) is 17.6 Å². The number of carbonyl (C=O) groups is 2. The molecule has 2 bridgehead atoms. The second kappa shape index (κ2) is 7.82. The van der Waals surface area contributed by atoms with Gasteiger partial charge in [-0.1, -0.05) is 18.6 Å². The van der Waals surface area contributed by atoms with E-state index in [0.29, 0.717) is 18.1 Å². The standard InChI is InChI=1S/C21H27FN2O2S/c1-12(17-9-14-2-5-15(17)8-14)23-20(25)18-11-27-19(21(26)24-18)10-13-3-6-16(22)7-4-13/h3-4,6-7,12,14-15,17-19H,2,5,8-11H2,1H3,(H,23,25)(H,24,26)/t12-,14-,15-,17-,18+,19-/m1/s1. The SMILES string of the molecule is C[C@@H](NC(=O)[C@@H]1CS[C@H](Cc2ccc(F)cc2)C(=O)N1)[C@H]1C[C@@H]2CC[C@@H]1C2. The Balaban J connectivity index is 1.28. The van der Waals surface area contributed by atoms with Crippen LogP contribution in [0.5, 0.6) is 0 Å². The average molecular weight is 391 g/mol. The first-order valence-corrected chi connectivity index (χ1v) is 11.0. The van der Waals surface area contributed by atoms with Gasteiger partial charge in [0, 0.05) is 11.8 Å². The first-order chi connectivity index (χ1) is 13.0. The van der Waals surface area contributed by atoms with E-state index < -0.39 is 6.04 Å². The topological polar surface area (TPSA) is 58.2 Å². The van der Waals surface area contributed by atoms with Crippen LogP contribution >= 0.6 is 11.8 Å². The lowest BCUT2D eigenvalue weighted by Gasteiger charge is -2.32. The van der Waals surface area contributed by atoms with E-state index in [0.717, 1.165) is 17.4 Å². The largest absolute Gasteiger partial charge is 0.352 e. The van der Waals surface area contributed by atoms with E-state index in [1.807, 2.05) is 0 Å². The highest BCUT2D eigenvalue weighted by molar-refractivity contribution is 8.00. The molecule has 2 aliphatic carbocycles. The number of hydrogen-bond donors (Lipinski definition) is 2. The minimum absolute atomic E-state index is 0.0636. The quantitative estimate of drug-likeness (QED) is 0.813. The molecule has 1 aromatic rings. The third-order valence-electron chi connectivity index (χ3n) is 6.53. The number of halogens is 1. The lowest BCUT2D eigenvalue weighted by molar-refractivity contribution is -0.129. The van der Waals surface area contributed by atoms with Crippen LogP contribution in [0.2, 0.25) is 0 Å². The number of rotatable bonds is 5. The highest BCUT2D eigenvalue weighted by atomic mass is 32.2. The van der Waals surface area contributed by atoms with Crippen LogP contribution in [0.4, 0.5) is 4.39 Å². The van der Waals surface area contributed by atoms with Crippen molar-refractivity contribution in [1.82, 2.24) is 10.6 Å². The third kappa shape index (κ3) is 4.15. The molecule has 6 heteroatoms. The summed E-state index contributed by atoms with van der Waals surface area (Å²) in [7, 11) is 0. The van der Waals surface area contributed by atoms with Crippen LogP contribution in [0.3, 0.4) is 0 Å². The molecule has 1 aromatic carbocycles. The molecule has 4 nitrogen and oxygen atoms in total. The highest BCUT2D eigenvalue weighted by Crippen LogP contribution is 2.49. The van der Waals surface area contributed by atoms with E-state index in [1.165, 1.54) is 49.6 Å². The molecule has 146 valence electrons. The number of carbonyl (C=O) groups excluding carboxylic acids is 2. The maximum Gasteiger partial charge on any atom is 0.243 e. The van der Waals surface area contributed by atoms with Crippen LogP contribution in [-0.2, 0) is 16.0 Å². The molecule has 3 fully saturated rings. The van der Waals surface area contributed by atoms with Gasteiger partial charge in [0.25, 0.3) is 0 Å². The van der Waals surface area contributed by atoms with Crippen molar-refractivity contribution in [3.63, 3.8) is 0 Å². The van der Waals surface area contributed by atoms with Gasteiger partial charge in [0.1, 0.15) is 11.9 Å². The first-order valence-electron chi connectivity index (χ1n) is 9.96. The fourth-order valence-electron chi connectivity index (χ4n) is 5.06. The minimum atomic E-state index is -0.465. The fraction of sp³-hybridized carbons (Fsp3) is 0.619. The zero-order chi connectivity index (χ0) is 19.0. The van der Waals surface area contributed by atoms with Crippen molar-refractivity contribution in [1.29, 1.82) is 0 Å². The highest BCUT2D eigenvalue weighted by Gasteiger charge is 2.42. The number of nitrogens with one attached hydrogen (secondary N) is 2. The molecule has 6 atom stereocenters. The van der Waals surface area contributed by atoms with Gasteiger partial charge in [-0.15, -0.1) is 11.8 Å². The molecule has 4 rings (SSSR count). The summed E-state index contributed by atoms with van der Waals surface area (Å²) >= 11 is 1.51. The Morgan fingerprint density at radius 3 is 2.70 bits per heavy atom. The summed E-state index contributed by atoms with van der Waals surface area (Å²) in [6.45, 7) is 2.11. The average Bonchev–Trinajstić information content (AvgIpc) is 3.28. The van der Waals surface area contributed by atoms with E-state index >= 15 is 0 Å². The fourth-order valence-corrected chi connectivity index (χ4v) is 6.25. The van der Waals surface area contributed by atoms with Gasteiger partial charge >= 0.3 is 0 Å². The van der Waals surface area contributed by atoms with Crippen molar-refractivity contribution in [2.24, 2.45) is 17.8 Å². The van der Waals surface area contributed by atoms with Gasteiger partial charge in [-0.3, -0.25) is 9.59 Å². The number of fused-ring (bicyclic) bond motifs is 2. The van der Waals surface area contributed by atoms with Gasteiger partial charge in [0.2, 0.25) is 11.8 Å². The van der Waals surface area contributed by atoms with Crippen LogP contribution in [0, 0.1) is 23.6 Å². The van der Waals surface area contributed by atoms with Gasteiger partial charge < -0.3 is 10.6 Å². The number of hydrogen-bond acceptors (Lipinski definition) is 3. The van der Waals surface area contributed by atoms with Gasteiger partial charge in [0.05, 0.1) is 5.25 Å². The molecule has 3 aliphatic rings. The summed E-state index contributed by atoms with van der Waals surface area (Å²) in [6, 6.07) is 5.94. The van der Waals surface area contributed by atoms with Crippen molar-refractivity contribution in [3.05, 3.63) is 35.6 Å². The molecule has 0 spiro atoms. The van der Waals surface area contributed by atoms with Gasteiger partial charge in [-0.25, -0.2) is 4.39 Å². The molecule has 1 saturated heterocycles. The predicted molar refractivity (Wildman–Crippen MR) is 105 cm³/mol. The summed E-state index contributed by atoms with van der Waals surface area (Å²) < 4.78 is 13.0. The minimum Gasteiger partial charge on any atom is -0.352 e. The van der Waals surface area contributed by atoms with Crippen LogP contribution in [-0.4, -0.2) is 34.9 Å². The van der Waals surface area contributed by atoms with E-state index in [9.17, 15) is 14.0 Å².